The molecule has 1 heterocycles. The lowest BCUT2D eigenvalue weighted by atomic mass is 9.69. The number of carbonyl (C=O) groups is 3. The summed E-state index contributed by atoms with van der Waals surface area (Å²) in [5.41, 5.74) is 2.45. The average Bonchev–Trinajstić information content (AvgIpc) is 2.81. The van der Waals surface area contributed by atoms with Crippen molar-refractivity contribution in [1.82, 2.24) is 5.32 Å². The molecule has 1 aromatic rings. The van der Waals surface area contributed by atoms with E-state index in [1.165, 1.54) is 20.3 Å². The van der Waals surface area contributed by atoms with E-state index < -0.39 is 23.8 Å². The maximum Gasteiger partial charge on any atom is 0.336 e. The minimum atomic E-state index is -0.969. The minimum absolute atomic E-state index is 0.0631. The third kappa shape index (κ3) is 4.94. The molecule has 0 amide bonds. The van der Waals surface area contributed by atoms with Gasteiger partial charge in [0.1, 0.15) is 12.5 Å². The summed E-state index contributed by atoms with van der Waals surface area (Å²) < 4.78 is 15.7. The van der Waals surface area contributed by atoms with Crippen LogP contribution in [0.15, 0.2) is 40.7 Å². The summed E-state index contributed by atoms with van der Waals surface area (Å²) in [4.78, 5) is 39.4. The second-order valence-electron chi connectivity index (χ2n) is 8.30. The predicted octanol–water partition coefficient (Wildman–Crippen LogP) is 3.31. The van der Waals surface area contributed by atoms with Gasteiger partial charge in [0, 0.05) is 28.6 Å². The van der Waals surface area contributed by atoms with Gasteiger partial charge >= 0.3 is 11.9 Å². The molecule has 0 saturated carbocycles. The molecule has 0 saturated heterocycles. The molecule has 9 heteroatoms. The van der Waals surface area contributed by atoms with E-state index >= 15 is 0 Å². The third-order valence-electron chi connectivity index (χ3n) is 6.17. The predicted molar refractivity (Wildman–Crippen MR) is 129 cm³/mol. The van der Waals surface area contributed by atoms with Gasteiger partial charge in [-0.3, -0.25) is 9.59 Å². The number of nitrogens with one attached hydrogen (secondary N) is 1. The summed E-state index contributed by atoms with van der Waals surface area (Å²) in [7, 11) is 2.68. The number of hydrogen-bond donors (Lipinski definition) is 2. The largest absolute Gasteiger partial charge is 0.504 e. The molecule has 3 rings (SSSR count). The van der Waals surface area contributed by atoms with Crippen LogP contribution in [0.1, 0.15) is 38.7 Å². The van der Waals surface area contributed by atoms with Gasteiger partial charge in [0.25, 0.3) is 0 Å². The first-order valence-corrected chi connectivity index (χ1v) is 12.3. The van der Waals surface area contributed by atoms with E-state index in [-0.39, 0.29) is 29.8 Å². The SMILES string of the molecule is CCSCCOC(=O)C1=C(C)NC2=C(C(=O)[C@H](C(=O)OC)[C@@H](C)C2)[C@@H]1c1ccc(O)c(OC)c1. The minimum Gasteiger partial charge on any atom is -0.504 e. The van der Waals surface area contributed by atoms with Gasteiger partial charge in [0.05, 0.1) is 19.8 Å². The van der Waals surface area contributed by atoms with Crippen LogP contribution in [0.3, 0.4) is 0 Å². The summed E-state index contributed by atoms with van der Waals surface area (Å²) in [6.45, 7) is 5.87. The number of esters is 2. The molecule has 3 atom stereocenters. The highest BCUT2D eigenvalue weighted by atomic mass is 32.2. The molecule has 0 spiro atoms. The zero-order chi connectivity index (χ0) is 25.0. The summed E-state index contributed by atoms with van der Waals surface area (Å²) in [6, 6.07) is 4.70. The van der Waals surface area contributed by atoms with Crippen molar-refractivity contribution in [3.63, 3.8) is 0 Å². The van der Waals surface area contributed by atoms with Crippen LogP contribution in [-0.4, -0.2) is 55.2 Å². The molecule has 2 aliphatic rings. The van der Waals surface area contributed by atoms with Crippen molar-refractivity contribution in [3.8, 4) is 11.5 Å². The van der Waals surface area contributed by atoms with Gasteiger partial charge in [0.2, 0.25) is 0 Å². The summed E-state index contributed by atoms with van der Waals surface area (Å²) >= 11 is 1.66. The standard InChI is InChI=1S/C25H31NO7S/c1-6-34-10-9-33-25(30)20-14(3)26-16-11-13(2)19(24(29)32-5)23(28)22(16)21(20)15-7-8-17(27)18(12-15)31-4/h7-8,12-13,19,21,26-27H,6,9-11H2,1-5H3/t13-,19+,21+/m0/s1. The molecule has 2 N–H and O–H groups in total. The van der Waals surface area contributed by atoms with Crippen molar-refractivity contribution < 1.29 is 33.7 Å². The Morgan fingerprint density at radius 2 is 2.00 bits per heavy atom. The Morgan fingerprint density at radius 3 is 2.65 bits per heavy atom. The Hall–Kier alpha value is -2.94. The number of benzene rings is 1. The molecule has 34 heavy (non-hydrogen) atoms. The van der Waals surface area contributed by atoms with Gasteiger partial charge in [-0.25, -0.2) is 4.79 Å². The Kier molecular flexibility index (Phi) is 8.30. The lowest BCUT2D eigenvalue weighted by Crippen LogP contribution is -2.43. The van der Waals surface area contributed by atoms with Gasteiger partial charge in [0.15, 0.2) is 17.3 Å². The number of rotatable bonds is 8. The number of phenolic OH excluding ortho intramolecular Hbond substituents is 1. The lowest BCUT2D eigenvalue weighted by molar-refractivity contribution is -0.151. The number of phenols is 1. The third-order valence-corrected chi connectivity index (χ3v) is 7.03. The van der Waals surface area contributed by atoms with Crippen LogP contribution in [0.5, 0.6) is 11.5 Å². The average molecular weight is 490 g/mol. The first-order valence-electron chi connectivity index (χ1n) is 11.2. The highest BCUT2D eigenvalue weighted by molar-refractivity contribution is 7.99. The molecule has 0 aromatic heterocycles. The first-order chi connectivity index (χ1) is 16.2. The number of ketones is 1. The Bertz CT molecular complexity index is 1050. The molecular weight excluding hydrogens is 458 g/mol. The van der Waals surface area contributed by atoms with E-state index in [2.05, 4.69) is 5.32 Å². The molecule has 0 unspecified atom stereocenters. The van der Waals surface area contributed by atoms with Crippen LogP contribution in [-0.2, 0) is 23.9 Å². The Morgan fingerprint density at radius 1 is 1.26 bits per heavy atom. The molecule has 184 valence electrons. The molecule has 1 aliphatic heterocycles. The van der Waals surface area contributed by atoms with E-state index in [1.807, 2.05) is 13.8 Å². The summed E-state index contributed by atoms with van der Waals surface area (Å²) in [6.07, 6.45) is 0.444. The van der Waals surface area contributed by atoms with E-state index in [9.17, 15) is 19.5 Å². The number of Topliss-reactive ketones (excluding diaryl/α,β-unsaturated/α-hetero) is 1. The molecular formula is C25H31NO7S. The van der Waals surface area contributed by atoms with Crippen molar-refractivity contribution >= 4 is 29.5 Å². The fraction of sp³-hybridized carbons (Fsp3) is 0.480. The normalized spacial score (nSPS) is 22.1. The molecule has 0 radical (unpaired) electrons. The van der Waals surface area contributed by atoms with E-state index in [0.29, 0.717) is 40.3 Å². The van der Waals surface area contributed by atoms with Crippen molar-refractivity contribution in [1.29, 1.82) is 0 Å². The van der Waals surface area contributed by atoms with Crippen molar-refractivity contribution in [3.05, 3.63) is 46.3 Å². The van der Waals surface area contributed by atoms with Crippen molar-refractivity contribution in [2.45, 2.75) is 33.1 Å². The zero-order valence-electron chi connectivity index (χ0n) is 20.1. The van der Waals surface area contributed by atoms with Crippen LogP contribution < -0.4 is 10.1 Å². The number of carbonyl (C=O) groups excluding carboxylic acids is 3. The quantitative estimate of drug-likeness (QED) is 0.323. The zero-order valence-corrected chi connectivity index (χ0v) is 20.9. The monoisotopic (exact) mass is 489 g/mol. The highest BCUT2D eigenvalue weighted by Gasteiger charge is 2.47. The second-order valence-corrected chi connectivity index (χ2v) is 9.69. The topological polar surface area (TPSA) is 111 Å². The summed E-state index contributed by atoms with van der Waals surface area (Å²) in [5, 5.41) is 13.3. The van der Waals surface area contributed by atoms with Crippen LogP contribution in [0.4, 0.5) is 0 Å². The smallest absolute Gasteiger partial charge is 0.336 e. The number of methoxy groups -OCH3 is 2. The van der Waals surface area contributed by atoms with Gasteiger partial charge in [-0.1, -0.05) is 19.9 Å². The number of dihydropyridines is 1. The Balaban J connectivity index is 2.12. The number of ether oxygens (including phenoxy) is 3. The fourth-order valence-corrected chi connectivity index (χ4v) is 5.06. The molecule has 8 nitrogen and oxygen atoms in total. The molecule has 0 bridgehead atoms. The summed E-state index contributed by atoms with van der Waals surface area (Å²) in [5.74, 6) is -1.82. The van der Waals surface area contributed by atoms with Gasteiger partial charge < -0.3 is 24.6 Å². The van der Waals surface area contributed by atoms with Crippen molar-refractivity contribution in [2.24, 2.45) is 11.8 Å². The van der Waals surface area contributed by atoms with Gasteiger partial charge in [-0.2, -0.15) is 11.8 Å². The fourth-order valence-electron chi connectivity index (χ4n) is 4.57. The van der Waals surface area contributed by atoms with Gasteiger partial charge in [-0.05, 0) is 42.7 Å². The van der Waals surface area contributed by atoms with E-state index in [1.54, 1.807) is 30.8 Å². The molecule has 0 fully saturated rings. The number of hydrogen-bond acceptors (Lipinski definition) is 9. The van der Waals surface area contributed by atoms with E-state index in [4.69, 9.17) is 14.2 Å². The Labute approximate surface area is 203 Å². The lowest BCUT2D eigenvalue weighted by Gasteiger charge is -2.38. The maximum absolute atomic E-state index is 13.7. The molecule has 1 aromatic carbocycles. The molecule has 1 aliphatic carbocycles. The first kappa shape index (κ1) is 25.7. The van der Waals surface area contributed by atoms with Crippen LogP contribution in [0, 0.1) is 11.8 Å². The van der Waals surface area contributed by atoms with Gasteiger partial charge in [-0.15, -0.1) is 0 Å². The van der Waals surface area contributed by atoms with E-state index in [0.717, 1.165) is 5.75 Å². The highest BCUT2D eigenvalue weighted by Crippen LogP contribution is 2.46. The number of aromatic hydroxyl groups is 1. The number of allylic oxidation sites excluding steroid dienone is 3. The van der Waals surface area contributed by atoms with Crippen LogP contribution >= 0.6 is 11.8 Å². The van der Waals surface area contributed by atoms with Crippen molar-refractivity contribution in [2.75, 3.05) is 32.3 Å². The number of thioether (sulfide) groups is 1. The van der Waals surface area contributed by atoms with Crippen LogP contribution in [0.2, 0.25) is 0 Å². The maximum atomic E-state index is 13.7. The van der Waals surface area contributed by atoms with Crippen LogP contribution in [0.25, 0.3) is 0 Å². The second kappa shape index (κ2) is 11.0.